The smallest absolute Gasteiger partial charge is 0.203 e. The minimum absolute atomic E-state index is 0.497. The number of aliphatic imine (C=N–C) groups is 1. The van der Waals surface area contributed by atoms with Crippen molar-refractivity contribution in [2.75, 3.05) is 34.4 Å². The maximum absolute atomic E-state index is 5.41. The van der Waals surface area contributed by atoms with Gasteiger partial charge >= 0.3 is 0 Å². The first kappa shape index (κ1) is 21.4. The van der Waals surface area contributed by atoms with E-state index in [4.69, 9.17) is 14.2 Å². The van der Waals surface area contributed by atoms with E-state index in [1.807, 2.05) is 12.1 Å². The van der Waals surface area contributed by atoms with Crippen LogP contribution in [0, 0.1) is 6.92 Å². The van der Waals surface area contributed by atoms with E-state index in [1.165, 1.54) is 11.1 Å². The van der Waals surface area contributed by atoms with Gasteiger partial charge < -0.3 is 24.8 Å². The van der Waals surface area contributed by atoms with Crippen LogP contribution >= 0.6 is 0 Å². The molecule has 0 aromatic heterocycles. The van der Waals surface area contributed by atoms with Crippen molar-refractivity contribution in [2.45, 2.75) is 26.8 Å². The lowest BCUT2D eigenvalue weighted by molar-refractivity contribution is 0.324. The van der Waals surface area contributed by atoms with Gasteiger partial charge in [0.15, 0.2) is 17.5 Å². The van der Waals surface area contributed by atoms with Gasteiger partial charge in [-0.1, -0.05) is 29.8 Å². The summed E-state index contributed by atoms with van der Waals surface area (Å²) in [5, 5.41) is 6.67. The maximum atomic E-state index is 5.41. The number of nitrogens with one attached hydrogen (secondary N) is 2. The van der Waals surface area contributed by atoms with Crippen LogP contribution in [0.25, 0.3) is 0 Å². The van der Waals surface area contributed by atoms with Crippen molar-refractivity contribution < 1.29 is 14.2 Å². The zero-order chi connectivity index (χ0) is 20.4. The molecule has 152 valence electrons. The van der Waals surface area contributed by atoms with Gasteiger partial charge in [0.25, 0.3) is 0 Å². The second kappa shape index (κ2) is 11.1. The summed E-state index contributed by atoms with van der Waals surface area (Å²) >= 11 is 0. The van der Waals surface area contributed by atoms with Crippen LogP contribution in [0.5, 0.6) is 17.2 Å². The Balaban J connectivity index is 2.05. The van der Waals surface area contributed by atoms with Gasteiger partial charge in [-0.3, -0.25) is 0 Å². The van der Waals surface area contributed by atoms with Crippen molar-refractivity contribution in [1.29, 1.82) is 0 Å². The Hall–Kier alpha value is -2.89. The van der Waals surface area contributed by atoms with Gasteiger partial charge in [0.05, 0.1) is 27.9 Å². The van der Waals surface area contributed by atoms with Crippen molar-refractivity contribution in [3.8, 4) is 17.2 Å². The van der Waals surface area contributed by atoms with Gasteiger partial charge in [0.1, 0.15) is 0 Å². The highest BCUT2D eigenvalue weighted by molar-refractivity contribution is 5.79. The highest BCUT2D eigenvalue weighted by atomic mass is 16.5. The summed E-state index contributed by atoms with van der Waals surface area (Å²) in [5.41, 5.74) is 3.57. The van der Waals surface area contributed by atoms with Crippen LogP contribution < -0.4 is 24.8 Å². The number of hydrogen-bond acceptors (Lipinski definition) is 4. The van der Waals surface area contributed by atoms with Gasteiger partial charge in [-0.05, 0) is 43.5 Å². The number of benzene rings is 2. The molecule has 0 saturated heterocycles. The molecule has 0 aliphatic heterocycles. The van der Waals surface area contributed by atoms with E-state index in [-0.39, 0.29) is 0 Å². The van der Waals surface area contributed by atoms with Gasteiger partial charge in [-0.15, -0.1) is 0 Å². The SMILES string of the molecule is CCNC(=NCc1cc(OC)c(OC)c(OC)c1)NCCc1cccc(C)c1. The lowest BCUT2D eigenvalue weighted by Crippen LogP contribution is -2.38. The first-order chi connectivity index (χ1) is 13.6. The average molecular weight is 386 g/mol. The molecule has 2 rings (SSSR count). The number of nitrogens with zero attached hydrogens (tertiary/aromatic N) is 1. The van der Waals surface area contributed by atoms with Crippen LogP contribution in [0.1, 0.15) is 23.6 Å². The highest BCUT2D eigenvalue weighted by Crippen LogP contribution is 2.38. The number of rotatable bonds is 9. The van der Waals surface area contributed by atoms with Crippen molar-refractivity contribution in [3.05, 3.63) is 53.1 Å². The molecular formula is C22H31N3O3. The van der Waals surface area contributed by atoms with E-state index < -0.39 is 0 Å². The zero-order valence-corrected chi connectivity index (χ0v) is 17.5. The third-order valence-electron chi connectivity index (χ3n) is 4.28. The number of hydrogen-bond donors (Lipinski definition) is 2. The Morgan fingerprint density at radius 3 is 2.21 bits per heavy atom. The molecule has 0 heterocycles. The highest BCUT2D eigenvalue weighted by Gasteiger charge is 2.13. The van der Waals surface area contributed by atoms with Crippen molar-refractivity contribution in [3.63, 3.8) is 0 Å². The molecule has 0 radical (unpaired) electrons. The lowest BCUT2D eigenvalue weighted by Gasteiger charge is -2.14. The van der Waals surface area contributed by atoms with Crippen LogP contribution in [0.4, 0.5) is 0 Å². The van der Waals surface area contributed by atoms with E-state index in [1.54, 1.807) is 21.3 Å². The van der Waals surface area contributed by atoms with Crippen LogP contribution in [-0.4, -0.2) is 40.4 Å². The Kier molecular flexibility index (Phi) is 8.46. The summed E-state index contributed by atoms with van der Waals surface area (Å²) in [5.74, 6) is 2.62. The molecule has 0 bridgehead atoms. The molecular weight excluding hydrogens is 354 g/mol. The molecule has 0 unspecified atom stereocenters. The maximum Gasteiger partial charge on any atom is 0.203 e. The molecule has 6 nitrogen and oxygen atoms in total. The van der Waals surface area contributed by atoms with Gasteiger partial charge in [0, 0.05) is 13.1 Å². The Morgan fingerprint density at radius 1 is 0.929 bits per heavy atom. The largest absolute Gasteiger partial charge is 0.493 e. The van der Waals surface area contributed by atoms with Gasteiger partial charge in [0.2, 0.25) is 5.75 Å². The summed E-state index contributed by atoms with van der Waals surface area (Å²) < 4.78 is 16.2. The summed E-state index contributed by atoms with van der Waals surface area (Å²) in [6, 6.07) is 12.4. The summed E-state index contributed by atoms with van der Waals surface area (Å²) in [4.78, 5) is 4.68. The van der Waals surface area contributed by atoms with Gasteiger partial charge in [-0.2, -0.15) is 0 Å². The minimum Gasteiger partial charge on any atom is -0.493 e. The fourth-order valence-electron chi connectivity index (χ4n) is 2.93. The number of guanidine groups is 1. The summed E-state index contributed by atoms with van der Waals surface area (Å²) in [6.45, 7) is 6.27. The third-order valence-corrected chi connectivity index (χ3v) is 4.28. The lowest BCUT2D eigenvalue weighted by atomic mass is 10.1. The Morgan fingerprint density at radius 2 is 1.64 bits per heavy atom. The summed E-state index contributed by atoms with van der Waals surface area (Å²) in [6.07, 6.45) is 0.941. The molecule has 6 heteroatoms. The molecule has 2 aromatic rings. The molecule has 28 heavy (non-hydrogen) atoms. The zero-order valence-electron chi connectivity index (χ0n) is 17.5. The third kappa shape index (κ3) is 6.08. The van der Waals surface area contributed by atoms with Gasteiger partial charge in [-0.25, -0.2) is 4.99 Å². The van der Waals surface area contributed by atoms with E-state index >= 15 is 0 Å². The topological polar surface area (TPSA) is 64.1 Å². The predicted molar refractivity (Wildman–Crippen MR) is 114 cm³/mol. The molecule has 2 N–H and O–H groups in total. The monoisotopic (exact) mass is 385 g/mol. The number of ether oxygens (including phenoxy) is 3. The first-order valence-corrected chi connectivity index (χ1v) is 9.47. The molecule has 0 atom stereocenters. The normalized spacial score (nSPS) is 11.1. The van der Waals surface area contributed by atoms with Crippen LogP contribution in [0.3, 0.4) is 0 Å². The molecule has 0 aliphatic rings. The summed E-state index contributed by atoms with van der Waals surface area (Å²) in [7, 11) is 4.82. The Labute approximate surface area is 167 Å². The van der Waals surface area contributed by atoms with Crippen molar-refractivity contribution in [1.82, 2.24) is 10.6 Å². The fraction of sp³-hybridized carbons (Fsp3) is 0.409. The first-order valence-electron chi connectivity index (χ1n) is 9.47. The number of methoxy groups -OCH3 is 3. The molecule has 2 aromatic carbocycles. The molecule has 0 amide bonds. The van der Waals surface area contributed by atoms with Crippen LogP contribution in [-0.2, 0) is 13.0 Å². The quantitative estimate of drug-likeness (QED) is 0.512. The molecule has 0 fully saturated rings. The number of aryl methyl sites for hydroxylation is 1. The second-order valence-electron chi connectivity index (χ2n) is 6.39. The predicted octanol–water partition coefficient (Wildman–Crippen LogP) is 3.32. The molecule has 0 saturated carbocycles. The van der Waals surface area contributed by atoms with Crippen molar-refractivity contribution >= 4 is 5.96 Å². The second-order valence-corrected chi connectivity index (χ2v) is 6.39. The average Bonchev–Trinajstić information content (AvgIpc) is 2.71. The minimum atomic E-state index is 0.497. The van der Waals surface area contributed by atoms with Crippen LogP contribution in [0.15, 0.2) is 41.4 Å². The Bertz CT molecular complexity index is 765. The van der Waals surface area contributed by atoms with E-state index in [0.717, 1.165) is 31.0 Å². The van der Waals surface area contributed by atoms with E-state index in [2.05, 4.69) is 53.7 Å². The molecule has 0 aliphatic carbocycles. The molecule has 0 spiro atoms. The van der Waals surface area contributed by atoms with E-state index in [0.29, 0.717) is 23.8 Å². The van der Waals surface area contributed by atoms with Crippen molar-refractivity contribution in [2.24, 2.45) is 4.99 Å². The van der Waals surface area contributed by atoms with Crippen LogP contribution in [0.2, 0.25) is 0 Å². The fourth-order valence-corrected chi connectivity index (χ4v) is 2.93. The van der Waals surface area contributed by atoms with E-state index in [9.17, 15) is 0 Å². The standard InChI is InChI=1S/C22H31N3O3/c1-6-23-22(24-11-10-17-9-7-8-16(2)12-17)25-15-18-13-19(26-3)21(28-5)20(14-18)27-4/h7-9,12-14H,6,10-11,15H2,1-5H3,(H2,23,24,25).